The maximum Gasteiger partial charge on any atom is 0.251 e. The standard InChI is InChI=1S/C20H22FNO3/c21-17-5-2-6-18(12-17)25-13-14-3-1-4-16(11-14)20(24)22-19(9-10-23)15-7-8-15/h1-6,11-12,15,19,23H,7-10,13H2,(H,22,24)/t19-/m1/s1. The molecule has 0 saturated heterocycles. The van der Waals surface area contributed by atoms with Crippen LogP contribution in [0.25, 0.3) is 0 Å². The van der Waals surface area contributed by atoms with Gasteiger partial charge in [-0.1, -0.05) is 18.2 Å². The average Bonchev–Trinajstić information content (AvgIpc) is 3.45. The second-order valence-electron chi connectivity index (χ2n) is 6.38. The van der Waals surface area contributed by atoms with Crippen LogP contribution in [0.5, 0.6) is 5.75 Å². The third-order valence-electron chi connectivity index (χ3n) is 4.34. The quantitative estimate of drug-likeness (QED) is 0.773. The van der Waals surface area contributed by atoms with Crippen molar-refractivity contribution >= 4 is 5.91 Å². The Balaban J connectivity index is 1.61. The summed E-state index contributed by atoms with van der Waals surface area (Å²) < 4.78 is 18.7. The number of nitrogens with one attached hydrogen (secondary N) is 1. The summed E-state index contributed by atoms with van der Waals surface area (Å²) in [4.78, 5) is 12.5. The Labute approximate surface area is 146 Å². The molecule has 5 heteroatoms. The van der Waals surface area contributed by atoms with Gasteiger partial charge in [-0.15, -0.1) is 0 Å². The van der Waals surface area contributed by atoms with Crippen LogP contribution in [0, 0.1) is 11.7 Å². The van der Waals surface area contributed by atoms with E-state index in [2.05, 4.69) is 5.32 Å². The van der Waals surface area contributed by atoms with Gasteiger partial charge in [0, 0.05) is 24.3 Å². The smallest absolute Gasteiger partial charge is 0.251 e. The van der Waals surface area contributed by atoms with Crippen molar-refractivity contribution in [3.8, 4) is 5.75 Å². The lowest BCUT2D eigenvalue weighted by Gasteiger charge is -2.17. The van der Waals surface area contributed by atoms with Crippen molar-refractivity contribution in [1.29, 1.82) is 0 Å². The first-order chi connectivity index (χ1) is 12.2. The van der Waals surface area contributed by atoms with Crippen molar-refractivity contribution in [1.82, 2.24) is 5.32 Å². The van der Waals surface area contributed by atoms with Crippen LogP contribution in [0.3, 0.4) is 0 Å². The van der Waals surface area contributed by atoms with Crippen LogP contribution in [-0.4, -0.2) is 23.7 Å². The Morgan fingerprint density at radius 3 is 2.76 bits per heavy atom. The minimum Gasteiger partial charge on any atom is -0.489 e. The van der Waals surface area contributed by atoms with Crippen molar-refractivity contribution in [3.63, 3.8) is 0 Å². The van der Waals surface area contributed by atoms with Gasteiger partial charge in [0.1, 0.15) is 18.2 Å². The van der Waals surface area contributed by atoms with E-state index in [4.69, 9.17) is 9.84 Å². The topological polar surface area (TPSA) is 58.6 Å². The molecule has 0 spiro atoms. The van der Waals surface area contributed by atoms with Gasteiger partial charge in [-0.05, 0) is 55.0 Å². The normalized spacial score (nSPS) is 14.8. The Bertz CT molecular complexity index is 730. The van der Waals surface area contributed by atoms with Gasteiger partial charge in [-0.2, -0.15) is 0 Å². The number of carbonyl (C=O) groups is 1. The Morgan fingerprint density at radius 2 is 2.04 bits per heavy atom. The van der Waals surface area contributed by atoms with Crippen molar-refractivity contribution in [2.75, 3.05) is 6.61 Å². The lowest BCUT2D eigenvalue weighted by Crippen LogP contribution is -2.37. The molecule has 1 saturated carbocycles. The number of benzene rings is 2. The molecular formula is C20H22FNO3. The third-order valence-corrected chi connectivity index (χ3v) is 4.34. The van der Waals surface area contributed by atoms with Crippen LogP contribution >= 0.6 is 0 Å². The molecule has 2 aromatic carbocycles. The van der Waals surface area contributed by atoms with E-state index < -0.39 is 0 Å². The van der Waals surface area contributed by atoms with E-state index in [0.717, 1.165) is 18.4 Å². The molecule has 132 valence electrons. The number of ether oxygens (including phenoxy) is 1. The van der Waals surface area contributed by atoms with Gasteiger partial charge in [-0.25, -0.2) is 4.39 Å². The highest BCUT2D eigenvalue weighted by Gasteiger charge is 2.31. The molecule has 0 heterocycles. The van der Waals surface area contributed by atoms with Gasteiger partial charge in [0.25, 0.3) is 5.91 Å². The number of rotatable bonds is 8. The molecule has 3 rings (SSSR count). The van der Waals surface area contributed by atoms with E-state index >= 15 is 0 Å². The molecule has 1 atom stereocenters. The average molecular weight is 343 g/mol. The molecule has 25 heavy (non-hydrogen) atoms. The van der Waals surface area contributed by atoms with Gasteiger partial charge in [0.2, 0.25) is 0 Å². The summed E-state index contributed by atoms with van der Waals surface area (Å²) in [6, 6.07) is 13.2. The molecule has 1 fully saturated rings. The minimum absolute atomic E-state index is 0.0321. The summed E-state index contributed by atoms with van der Waals surface area (Å²) in [6.45, 7) is 0.330. The number of hydrogen-bond acceptors (Lipinski definition) is 3. The van der Waals surface area contributed by atoms with Crippen LogP contribution in [0.2, 0.25) is 0 Å². The highest BCUT2D eigenvalue weighted by Crippen LogP contribution is 2.34. The predicted molar refractivity (Wildman–Crippen MR) is 92.9 cm³/mol. The van der Waals surface area contributed by atoms with E-state index in [9.17, 15) is 9.18 Å². The molecule has 1 aliphatic rings. The minimum atomic E-state index is -0.347. The predicted octanol–water partition coefficient (Wildman–Crippen LogP) is 3.30. The summed E-state index contributed by atoms with van der Waals surface area (Å²) >= 11 is 0. The Kier molecular flexibility index (Phi) is 5.66. The summed E-state index contributed by atoms with van der Waals surface area (Å²) in [5.41, 5.74) is 1.39. The first-order valence-corrected chi connectivity index (χ1v) is 8.55. The lowest BCUT2D eigenvalue weighted by atomic mass is 10.1. The number of aliphatic hydroxyl groups is 1. The van der Waals surface area contributed by atoms with Crippen LogP contribution in [0.4, 0.5) is 4.39 Å². The fourth-order valence-corrected chi connectivity index (χ4v) is 2.84. The van der Waals surface area contributed by atoms with E-state index in [-0.39, 0.29) is 31.0 Å². The van der Waals surface area contributed by atoms with Gasteiger partial charge in [0.05, 0.1) is 0 Å². The summed E-state index contributed by atoms with van der Waals surface area (Å²) in [5.74, 6) is 0.445. The van der Waals surface area contributed by atoms with Gasteiger partial charge >= 0.3 is 0 Å². The SMILES string of the molecule is O=C(N[C@H](CCO)C1CC1)c1cccc(COc2cccc(F)c2)c1. The lowest BCUT2D eigenvalue weighted by molar-refractivity contribution is 0.0924. The third kappa shape index (κ3) is 5.03. The molecule has 0 bridgehead atoms. The first kappa shape index (κ1) is 17.4. The molecule has 1 amide bonds. The van der Waals surface area contributed by atoms with Crippen LogP contribution in [0.1, 0.15) is 35.2 Å². The summed E-state index contributed by atoms with van der Waals surface area (Å²) in [5, 5.41) is 12.2. The fraction of sp³-hybridized carbons (Fsp3) is 0.350. The molecular weight excluding hydrogens is 321 g/mol. The maximum absolute atomic E-state index is 13.2. The zero-order valence-corrected chi connectivity index (χ0v) is 14.0. The second-order valence-corrected chi connectivity index (χ2v) is 6.38. The van der Waals surface area contributed by atoms with Gasteiger partial charge < -0.3 is 15.2 Å². The highest BCUT2D eigenvalue weighted by atomic mass is 19.1. The first-order valence-electron chi connectivity index (χ1n) is 8.55. The van der Waals surface area contributed by atoms with Crippen molar-refractivity contribution in [3.05, 3.63) is 65.5 Å². The molecule has 2 N–H and O–H groups in total. The van der Waals surface area contributed by atoms with Crippen molar-refractivity contribution < 1.29 is 19.0 Å². The number of amides is 1. The highest BCUT2D eigenvalue weighted by molar-refractivity contribution is 5.94. The van der Waals surface area contributed by atoms with E-state index in [0.29, 0.717) is 23.7 Å². The van der Waals surface area contributed by atoms with E-state index in [1.54, 1.807) is 30.3 Å². The Morgan fingerprint density at radius 1 is 1.24 bits per heavy atom. The van der Waals surface area contributed by atoms with Crippen LogP contribution in [-0.2, 0) is 6.61 Å². The molecule has 0 radical (unpaired) electrons. The van der Waals surface area contributed by atoms with Crippen molar-refractivity contribution in [2.45, 2.75) is 31.9 Å². The Hall–Kier alpha value is -2.40. The monoisotopic (exact) mass is 343 g/mol. The largest absolute Gasteiger partial charge is 0.489 e. The zero-order valence-electron chi connectivity index (χ0n) is 14.0. The molecule has 0 unspecified atom stereocenters. The van der Waals surface area contributed by atoms with Crippen LogP contribution < -0.4 is 10.1 Å². The maximum atomic E-state index is 13.2. The number of halogens is 1. The molecule has 0 aromatic heterocycles. The number of carbonyl (C=O) groups excluding carboxylic acids is 1. The van der Waals surface area contributed by atoms with Gasteiger partial charge in [-0.3, -0.25) is 4.79 Å². The second kappa shape index (κ2) is 8.12. The molecule has 0 aliphatic heterocycles. The fourth-order valence-electron chi connectivity index (χ4n) is 2.84. The van der Waals surface area contributed by atoms with E-state index in [1.165, 1.54) is 12.1 Å². The number of hydrogen-bond donors (Lipinski definition) is 2. The van der Waals surface area contributed by atoms with Crippen molar-refractivity contribution in [2.24, 2.45) is 5.92 Å². The van der Waals surface area contributed by atoms with E-state index in [1.807, 2.05) is 6.07 Å². The molecule has 4 nitrogen and oxygen atoms in total. The summed E-state index contributed by atoms with van der Waals surface area (Å²) in [6.07, 6.45) is 2.79. The molecule has 1 aliphatic carbocycles. The van der Waals surface area contributed by atoms with Gasteiger partial charge in [0.15, 0.2) is 0 Å². The molecule has 2 aromatic rings. The summed E-state index contributed by atoms with van der Waals surface area (Å²) in [7, 11) is 0. The zero-order chi connectivity index (χ0) is 17.6. The number of aliphatic hydroxyl groups excluding tert-OH is 1. The van der Waals surface area contributed by atoms with Crippen LogP contribution in [0.15, 0.2) is 48.5 Å².